The van der Waals surface area contributed by atoms with Gasteiger partial charge in [0.05, 0.1) is 0 Å². The monoisotopic (exact) mass is 154 g/mol. The summed E-state index contributed by atoms with van der Waals surface area (Å²) in [7, 11) is 0. The summed E-state index contributed by atoms with van der Waals surface area (Å²) in [5.41, 5.74) is 5.05. The fraction of sp³-hybridized carbons (Fsp3) is 0.875. The fourth-order valence-corrected chi connectivity index (χ4v) is 2.60. The maximum Gasteiger partial charge on any atom is 0.312 e. The third kappa shape index (κ3) is 1.19. The van der Waals surface area contributed by atoms with Crippen molar-refractivity contribution >= 4 is 6.03 Å². The van der Waals surface area contributed by atoms with Crippen LogP contribution in [0.4, 0.5) is 4.79 Å². The Hall–Kier alpha value is -0.730. The third-order valence-electron chi connectivity index (χ3n) is 3.07. The van der Waals surface area contributed by atoms with Crippen molar-refractivity contribution in [2.75, 3.05) is 0 Å². The number of carbonyl (C=O) groups is 1. The van der Waals surface area contributed by atoms with E-state index in [1.807, 2.05) is 0 Å². The van der Waals surface area contributed by atoms with Gasteiger partial charge in [-0.15, -0.1) is 0 Å². The molecule has 2 amide bonds. The molecule has 2 fully saturated rings. The maximum atomic E-state index is 10.5. The van der Waals surface area contributed by atoms with Gasteiger partial charge < -0.3 is 11.1 Å². The van der Waals surface area contributed by atoms with Crippen molar-refractivity contribution in [1.82, 2.24) is 5.32 Å². The first-order chi connectivity index (χ1) is 5.25. The van der Waals surface area contributed by atoms with E-state index in [4.69, 9.17) is 5.73 Å². The molecule has 3 atom stereocenters. The van der Waals surface area contributed by atoms with Crippen molar-refractivity contribution in [1.29, 1.82) is 0 Å². The number of nitrogens with one attached hydrogen (secondary N) is 1. The van der Waals surface area contributed by atoms with Crippen LogP contribution in [0.1, 0.15) is 25.7 Å². The summed E-state index contributed by atoms with van der Waals surface area (Å²) in [6.45, 7) is 0. The van der Waals surface area contributed by atoms with Crippen LogP contribution in [0, 0.1) is 11.8 Å². The Labute approximate surface area is 66.3 Å². The molecular formula is C8H14N2O. The lowest BCUT2D eigenvalue weighted by atomic mass is 9.96. The molecule has 0 radical (unpaired) electrons. The minimum absolute atomic E-state index is 0.359. The highest BCUT2D eigenvalue weighted by atomic mass is 16.2. The molecule has 0 heterocycles. The van der Waals surface area contributed by atoms with Crippen molar-refractivity contribution in [3.05, 3.63) is 0 Å². The average Bonchev–Trinajstić information content (AvgIpc) is 2.45. The first kappa shape index (κ1) is 6.95. The summed E-state index contributed by atoms with van der Waals surface area (Å²) in [6.07, 6.45) is 5.12. The van der Waals surface area contributed by atoms with E-state index in [-0.39, 0.29) is 6.03 Å². The second-order valence-corrected chi connectivity index (χ2v) is 3.79. The summed E-state index contributed by atoms with van der Waals surface area (Å²) < 4.78 is 0. The Morgan fingerprint density at radius 2 is 2.18 bits per heavy atom. The van der Waals surface area contributed by atoms with E-state index >= 15 is 0 Å². The predicted octanol–water partition coefficient (Wildman–Crippen LogP) is 0.843. The molecule has 2 rings (SSSR count). The minimum Gasteiger partial charge on any atom is -0.352 e. The lowest BCUT2D eigenvalue weighted by Gasteiger charge is -2.21. The molecule has 0 spiro atoms. The largest absolute Gasteiger partial charge is 0.352 e. The van der Waals surface area contributed by atoms with Gasteiger partial charge in [-0.3, -0.25) is 0 Å². The molecule has 3 nitrogen and oxygen atoms in total. The summed E-state index contributed by atoms with van der Waals surface area (Å²) >= 11 is 0. The zero-order chi connectivity index (χ0) is 7.84. The van der Waals surface area contributed by atoms with Gasteiger partial charge in [0.15, 0.2) is 0 Å². The van der Waals surface area contributed by atoms with Gasteiger partial charge in [0.2, 0.25) is 0 Å². The molecule has 0 aromatic rings. The van der Waals surface area contributed by atoms with Gasteiger partial charge in [-0.2, -0.15) is 0 Å². The molecule has 0 aliphatic heterocycles. The number of primary amides is 1. The van der Waals surface area contributed by atoms with Crippen LogP contribution in [0.5, 0.6) is 0 Å². The lowest BCUT2D eigenvalue weighted by Crippen LogP contribution is -2.41. The Balaban J connectivity index is 1.92. The van der Waals surface area contributed by atoms with E-state index < -0.39 is 0 Å². The normalized spacial score (nSPS) is 40.9. The van der Waals surface area contributed by atoms with E-state index in [1.165, 1.54) is 19.3 Å². The first-order valence-corrected chi connectivity index (χ1v) is 4.31. The van der Waals surface area contributed by atoms with Crippen LogP contribution in [0.2, 0.25) is 0 Å². The molecule has 0 aromatic carbocycles. The van der Waals surface area contributed by atoms with Gasteiger partial charge in [-0.25, -0.2) is 4.79 Å². The Morgan fingerprint density at radius 1 is 1.36 bits per heavy atom. The van der Waals surface area contributed by atoms with Gasteiger partial charge >= 0.3 is 6.03 Å². The number of amides is 2. The van der Waals surface area contributed by atoms with E-state index in [9.17, 15) is 4.79 Å². The molecular weight excluding hydrogens is 140 g/mol. The molecule has 2 bridgehead atoms. The number of hydrogen-bond acceptors (Lipinski definition) is 1. The van der Waals surface area contributed by atoms with Crippen molar-refractivity contribution in [3.8, 4) is 0 Å². The summed E-state index contributed by atoms with van der Waals surface area (Å²) in [6, 6.07) is 0.0359. The highest BCUT2D eigenvalue weighted by molar-refractivity contribution is 5.72. The highest BCUT2D eigenvalue weighted by Crippen LogP contribution is 2.44. The summed E-state index contributed by atoms with van der Waals surface area (Å²) in [5.74, 6) is 1.60. The molecule has 62 valence electrons. The molecule has 11 heavy (non-hydrogen) atoms. The number of urea groups is 1. The van der Waals surface area contributed by atoms with Crippen LogP contribution < -0.4 is 11.1 Å². The van der Waals surface area contributed by atoms with E-state index in [1.54, 1.807) is 0 Å². The Bertz CT molecular complexity index is 181. The Kier molecular flexibility index (Phi) is 1.51. The molecule has 3 heteroatoms. The van der Waals surface area contributed by atoms with E-state index in [0.29, 0.717) is 6.04 Å². The maximum absolute atomic E-state index is 10.5. The number of rotatable bonds is 1. The molecule has 0 saturated heterocycles. The molecule has 2 aliphatic carbocycles. The standard InChI is InChI=1S/C8H14N2O/c9-8(11)10-7-4-5-1-2-6(7)3-5/h5-7H,1-4H2,(H3,9,10,11)/t5-,6+,7+/m0/s1. The number of nitrogens with two attached hydrogens (primary N) is 1. The predicted molar refractivity (Wildman–Crippen MR) is 42.0 cm³/mol. The van der Waals surface area contributed by atoms with E-state index in [0.717, 1.165) is 18.3 Å². The molecule has 3 N–H and O–H groups in total. The van der Waals surface area contributed by atoms with Crippen LogP contribution in [0.15, 0.2) is 0 Å². The highest BCUT2D eigenvalue weighted by Gasteiger charge is 2.39. The topological polar surface area (TPSA) is 55.1 Å². The second-order valence-electron chi connectivity index (χ2n) is 3.79. The van der Waals surface area contributed by atoms with Crippen molar-refractivity contribution in [2.45, 2.75) is 31.7 Å². The minimum atomic E-state index is -0.359. The average molecular weight is 154 g/mol. The quantitative estimate of drug-likeness (QED) is 0.577. The molecule has 0 unspecified atom stereocenters. The molecule has 0 aromatic heterocycles. The van der Waals surface area contributed by atoms with E-state index in [2.05, 4.69) is 5.32 Å². The summed E-state index contributed by atoms with van der Waals surface area (Å²) in [5, 5.41) is 2.81. The van der Waals surface area contributed by atoms with Crippen molar-refractivity contribution in [2.24, 2.45) is 17.6 Å². The zero-order valence-electron chi connectivity index (χ0n) is 6.55. The van der Waals surface area contributed by atoms with Crippen molar-refractivity contribution in [3.63, 3.8) is 0 Å². The zero-order valence-corrected chi connectivity index (χ0v) is 6.55. The third-order valence-corrected chi connectivity index (χ3v) is 3.07. The molecule has 2 aliphatic rings. The van der Waals surface area contributed by atoms with Crippen LogP contribution in [0.25, 0.3) is 0 Å². The summed E-state index contributed by atoms with van der Waals surface area (Å²) in [4.78, 5) is 10.5. The fourth-order valence-electron chi connectivity index (χ4n) is 2.60. The SMILES string of the molecule is NC(=O)N[C@@H]1C[C@H]2CC[C@@H]1C2. The number of carbonyl (C=O) groups excluding carboxylic acids is 1. The first-order valence-electron chi connectivity index (χ1n) is 4.31. The van der Waals surface area contributed by atoms with Gasteiger partial charge in [0, 0.05) is 6.04 Å². The number of hydrogen-bond donors (Lipinski definition) is 2. The molecule has 2 saturated carbocycles. The smallest absolute Gasteiger partial charge is 0.312 e. The van der Waals surface area contributed by atoms with Crippen molar-refractivity contribution < 1.29 is 4.79 Å². The Morgan fingerprint density at radius 3 is 2.64 bits per heavy atom. The second kappa shape index (κ2) is 2.40. The van der Waals surface area contributed by atoms with Crippen LogP contribution >= 0.6 is 0 Å². The lowest BCUT2D eigenvalue weighted by molar-refractivity contribution is 0.239. The van der Waals surface area contributed by atoms with Gasteiger partial charge in [0.25, 0.3) is 0 Å². The van der Waals surface area contributed by atoms with Gasteiger partial charge in [0.1, 0.15) is 0 Å². The van der Waals surface area contributed by atoms with Crippen LogP contribution in [0.3, 0.4) is 0 Å². The number of fused-ring (bicyclic) bond motifs is 2. The van der Waals surface area contributed by atoms with Crippen LogP contribution in [-0.2, 0) is 0 Å². The van der Waals surface area contributed by atoms with Gasteiger partial charge in [-0.05, 0) is 31.1 Å². The van der Waals surface area contributed by atoms with Crippen LogP contribution in [-0.4, -0.2) is 12.1 Å². The van der Waals surface area contributed by atoms with Gasteiger partial charge in [-0.1, -0.05) is 6.42 Å².